The van der Waals surface area contributed by atoms with Crippen molar-refractivity contribution in [3.63, 3.8) is 0 Å². The maximum atomic E-state index is 13.4. The number of benzene rings is 4. The molecule has 0 radical (unpaired) electrons. The Kier molecular flexibility index (Phi) is 13.9. The van der Waals surface area contributed by atoms with Gasteiger partial charge in [-0.15, -0.1) is 22.7 Å². The van der Waals surface area contributed by atoms with Crippen molar-refractivity contribution in [2.45, 2.75) is 58.3 Å². The first-order chi connectivity index (χ1) is 28.5. The van der Waals surface area contributed by atoms with Crippen LogP contribution in [-0.4, -0.2) is 20.2 Å². The van der Waals surface area contributed by atoms with Crippen molar-refractivity contribution in [1.29, 1.82) is 0 Å². The van der Waals surface area contributed by atoms with Crippen LogP contribution in [0.15, 0.2) is 88.5 Å². The summed E-state index contributed by atoms with van der Waals surface area (Å²) in [6, 6.07) is 23.9. The van der Waals surface area contributed by atoms with Gasteiger partial charge in [-0.3, -0.25) is 9.59 Å². The van der Waals surface area contributed by atoms with Crippen LogP contribution < -0.4 is 80.4 Å². The molecular formula is C47H36Cl2N2Na2O6S2. The van der Waals surface area contributed by atoms with E-state index in [4.69, 9.17) is 23.2 Å². The average molecular weight is 906 g/mol. The number of rotatable bonds is 4. The molecule has 0 bridgehead atoms. The van der Waals surface area contributed by atoms with Crippen LogP contribution in [0.2, 0.25) is 8.67 Å². The number of H-pyrrole nitrogens is 2. The molecule has 0 amide bonds. The number of aromatic hydroxyl groups is 2. The van der Waals surface area contributed by atoms with Crippen molar-refractivity contribution in [3.8, 4) is 67.5 Å². The van der Waals surface area contributed by atoms with Crippen molar-refractivity contribution in [2.24, 2.45) is 0 Å². The van der Waals surface area contributed by atoms with E-state index in [0.717, 1.165) is 90.5 Å². The quantitative estimate of drug-likeness (QED) is 0.187. The minimum absolute atomic E-state index is 0. The number of pyridine rings is 2. The number of hydrogen-bond donors (Lipinski definition) is 4. The van der Waals surface area contributed by atoms with Gasteiger partial charge in [-0.25, -0.2) is 0 Å². The molecule has 298 valence electrons. The van der Waals surface area contributed by atoms with Crippen molar-refractivity contribution in [3.05, 3.63) is 136 Å². The standard InChI is InChI=1S/C24H20ClNO3S.C23H18ClNO3S.2Na/c1-12-5-4-7-14(11-12)17-21(28)19-18(22(25)30-24(19)26-23(17)29)16-10-9-13-6-2-3-8-15(13)20(16)27;24-21-17(15-11-10-12-6-4-5-9-14(12)19(15)26)18-20(27)16(13-7-2-1-3-8-13)22(28)25-23(18)29-21;;/h4-5,7,9-11,27H,2-3,6,8H2,1H3,(H2,26,28,29);1-3,7-8,10-11,26H,4-6,9H2,(H2,25,27,28);;/q;;2*+1/p-2. The van der Waals surface area contributed by atoms with E-state index in [-0.39, 0.29) is 93.0 Å². The van der Waals surface area contributed by atoms with Gasteiger partial charge >= 0.3 is 59.1 Å². The fourth-order valence-electron chi connectivity index (χ4n) is 8.64. The molecule has 0 saturated heterocycles. The predicted molar refractivity (Wildman–Crippen MR) is 237 cm³/mol. The molecule has 14 heteroatoms. The minimum atomic E-state index is -0.453. The third-order valence-corrected chi connectivity index (χ3v) is 14.1. The zero-order valence-corrected chi connectivity index (χ0v) is 40.9. The number of phenolic OH excluding ortho intramolecular Hbond substituents is 1. The summed E-state index contributed by atoms with van der Waals surface area (Å²) < 4.78 is 0.759. The number of hydrogen-bond acceptors (Lipinski definition) is 8. The van der Waals surface area contributed by atoms with Crippen LogP contribution in [0, 0.1) is 6.92 Å². The Balaban J connectivity index is 0.000000178. The first-order valence-corrected chi connectivity index (χ1v) is 21.8. The van der Waals surface area contributed by atoms with Gasteiger partial charge in [0.15, 0.2) is 0 Å². The molecule has 61 heavy (non-hydrogen) atoms. The molecule has 0 saturated carbocycles. The Morgan fingerprint density at radius 2 is 1.11 bits per heavy atom. The maximum absolute atomic E-state index is 13.4. The maximum Gasteiger partial charge on any atom is 1.00 e. The zero-order chi connectivity index (χ0) is 41.1. The molecule has 4 N–H and O–H groups in total. The van der Waals surface area contributed by atoms with Crippen LogP contribution in [0.1, 0.15) is 53.5 Å². The van der Waals surface area contributed by atoms with E-state index in [1.54, 1.807) is 36.4 Å². The molecule has 2 aliphatic carbocycles. The van der Waals surface area contributed by atoms with Crippen molar-refractivity contribution >= 4 is 66.3 Å². The molecule has 0 aliphatic heterocycles. The molecule has 0 unspecified atom stereocenters. The van der Waals surface area contributed by atoms with E-state index < -0.39 is 11.3 Å². The zero-order valence-electron chi connectivity index (χ0n) is 33.8. The van der Waals surface area contributed by atoms with Crippen molar-refractivity contribution in [1.82, 2.24) is 9.97 Å². The summed E-state index contributed by atoms with van der Waals surface area (Å²) in [6.45, 7) is 1.94. The molecule has 2 aliphatic rings. The van der Waals surface area contributed by atoms with Gasteiger partial charge in [0.2, 0.25) is 0 Å². The molecule has 4 heterocycles. The Bertz CT molecular complexity index is 3110. The molecule has 8 nitrogen and oxygen atoms in total. The van der Waals surface area contributed by atoms with Gasteiger partial charge in [0.05, 0.1) is 10.9 Å². The van der Waals surface area contributed by atoms with Crippen LogP contribution in [0.5, 0.6) is 23.0 Å². The van der Waals surface area contributed by atoms with Crippen LogP contribution in [0.4, 0.5) is 0 Å². The number of thiophene rings is 2. The van der Waals surface area contributed by atoms with Gasteiger partial charge in [-0.2, -0.15) is 0 Å². The topological polar surface area (TPSA) is 152 Å². The summed E-state index contributed by atoms with van der Waals surface area (Å²) in [6.07, 6.45) is 7.67. The van der Waals surface area contributed by atoms with E-state index in [2.05, 4.69) is 9.97 Å². The van der Waals surface area contributed by atoms with Gasteiger partial charge in [-0.05, 0) is 91.7 Å². The van der Waals surface area contributed by atoms with Gasteiger partial charge < -0.3 is 30.4 Å². The third-order valence-electron chi connectivity index (χ3n) is 11.5. The number of phenols is 1. The summed E-state index contributed by atoms with van der Waals surface area (Å²) in [5.41, 5.74) is 7.67. The van der Waals surface area contributed by atoms with E-state index >= 15 is 0 Å². The Hall–Kier alpha value is -3.52. The molecule has 0 spiro atoms. The number of aromatic amines is 2. The molecule has 0 fully saturated rings. The Morgan fingerprint density at radius 1 is 0.574 bits per heavy atom. The second-order valence-electron chi connectivity index (χ2n) is 15.1. The van der Waals surface area contributed by atoms with Crippen LogP contribution in [-0.2, 0) is 25.7 Å². The second-order valence-corrected chi connectivity index (χ2v) is 18.3. The summed E-state index contributed by atoms with van der Waals surface area (Å²) in [5, 5.41) is 49.6. The number of nitrogens with one attached hydrogen (secondary N) is 2. The monoisotopic (exact) mass is 904 g/mol. The summed E-state index contributed by atoms with van der Waals surface area (Å²) in [5.74, 6) is -0.355. The average Bonchev–Trinajstić information content (AvgIpc) is 3.74. The summed E-state index contributed by atoms with van der Waals surface area (Å²) >= 11 is 15.4. The van der Waals surface area contributed by atoms with Gasteiger partial charge in [0.25, 0.3) is 11.1 Å². The molecule has 10 rings (SSSR count). The minimum Gasteiger partial charge on any atom is -0.872 e. The molecular weight excluding hydrogens is 870 g/mol. The fraction of sp³-hybridized carbons (Fsp3) is 0.191. The van der Waals surface area contributed by atoms with E-state index in [0.29, 0.717) is 62.5 Å². The summed E-state index contributed by atoms with van der Waals surface area (Å²) in [4.78, 5) is 31.9. The Morgan fingerprint density at radius 3 is 1.77 bits per heavy atom. The van der Waals surface area contributed by atoms with Gasteiger partial charge in [0, 0.05) is 27.6 Å². The van der Waals surface area contributed by atoms with Crippen molar-refractivity contribution in [2.75, 3.05) is 0 Å². The normalized spacial score (nSPS) is 13.1. The van der Waals surface area contributed by atoms with Gasteiger partial charge in [-0.1, -0.05) is 125 Å². The predicted octanol–water partition coefficient (Wildman–Crippen LogP) is 4.79. The number of halogens is 2. The van der Waals surface area contributed by atoms with Gasteiger partial charge in [0.1, 0.15) is 29.8 Å². The second kappa shape index (κ2) is 18.7. The number of aromatic nitrogens is 2. The molecule has 4 aromatic heterocycles. The smallest absolute Gasteiger partial charge is 0.872 e. The van der Waals surface area contributed by atoms with Crippen molar-refractivity contribution < 1.29 is 79.5 Å². The first-order valence-electron chi connectivity index (χ1n) is 19.4. The van der Waals surface area contributed by atoms with E-state index in [1.165, 1.54) is 11.3 Å². The van der Waals surface area contributed by atoms with Crippen LogP contribution >= 0.6 is 45.9 Å². The third kappa shape index (κ3) is 8.26. The fourth-order valence-corrected chi connectivity index (χ4v) is 11.4. The van der Waals surface area contributed by atoms with Crippen LogP contribution in [0.25, 0.3) is 64.9 Å². The summed E-state index contributed by atoms with van der Waals surface area (Å²) in [7, 11) is 0. The van der Waals surface area contributed by atoms with E-state index in [9.17, 15) is 30.0 Å². The first kappa shape index (κ1) is 45.5. The largest absolute Gasteiger partial charge is 1.00 e. The SMILES string of the molecule is Cc1cccc(-c2c(O)c3c(-c4ccc5c(c4O)CCCC5)c(Cl)sc3[nH]c2=O)c1.O=c1[nH]c2sc(Cl)c(-c3ccc4c(c3[O-])CCCC4)c2c([O-])c1-c1ccccc1.[Na+].[Na+]. The Labute approximate surface area is 413 Å². The molecule has 0 atom stereocenters. The number of aryl methyl sites for hydroxylation is 3. The van der Waals surface area contributed by atoms with E-state index in [1.807, 2.05) is 49.4 Å². The molecule has 4 aromatic carbocycles. The number of fused-ring (bicyclic) bond motifs is 4. The van der Waals surface area contributed by atoms with Crippen LogP contribution in [0.3, 0.4) is 0 Å². The molecule has 8 aromatic rings.